The molecule has 3 aromatic rings. The van der Waals surface area contributed by atoms with Crippen LogP contribution in [0.2, 0.25) is 0 Å². The first kappa shape index (κ1) is 16.7. The highest BCUT2D eigenvalue weighted by Gasteiger charge is 2.26. The van der Waals surface area contributed by atoms with Crippen LogP contribution >= 0.6 is 0 Å². The van der Waals surface area contributed by atoms with Crippen LogP contribution in [0.5, 0.6) is 5.75 Å². The van der Waals surface area contributed by atoms with Crippen LogP contribution in [0.1, 0.15) is 46.5 Å². The Kier molecular flexibility index (Phi) is 4.20. The minimum atomic E-state index is -0.942. The molecule has 0 spiro atoms. The first-order valence-electron chi connectivity index (χ1n) is 8.62. The lowest BCUT2D eigenvalue weighted by molar-refractivity contribution is 0.215. The Hall–Kier alpha value is -2.73. The topological polar surface area (TPSA) is 60.2 Å². The Morgan fingerprint density at radius 2 is 2.00 bits per heavy atom. The molecule has 0 radical (unpaired) electrons. The van der Waals surface area contributed by atoms with Gasteiger partial charge in [0.25, 0.3) is 0 Å². The SMILES string of the molecule is Cc1cc(C)c2c(c1)[C@H](n1cc(C(O)c3ccc(F)cc3)nn1)CCO2. The minimum absolute atomic E-state index is 0.0130. The Balaban J connectivity index is 1.66. The van der Waals surface area contributed by atoms with E-state index in [-0.39, 0.29) is 11.9 Å². The summed E-state index contributed by atoms with van der Waals surface area (Å²) in [7, 11) is 0. The van der Waals surface area contributed by atoms with E-state index in [1.165, 1.54) is 17.7 Å². The van der Waals surface area contributed by atoms with Crippen LogP contribution in [0.3, 0.4) is 0 Å². The van der Waals surface area contributed by atoms with Crippen molar-refractivity contribution in [1.82, 2.24) is 15.0 Å². The van der Waals surface area contributed by atoms with Gasteiger partial charge in [0, 0.05) is 12.0 Å². The smallest absolute Gasteiger partial charge is 0.127 e. The van der Waals surface area contributed by atoms with Crippen LogP contribution in [0.15, 0.2) is 42.6 Å². The lowest BCUT2D eigenvalue weighted by Gasteiger charge is -2.27. The maximum atomic E-state index is 13.1. The number of fused-ring (bicyclic) bond motifs is 1. The highest BCUT2D eigenvalue weighted by atomic mass is 19.1. The third kappa shape index (κ3) is 2.97. The van der Waals surface area contributed by atoms with Gasteiger partial charge >= 0.3 is 0 Å². The van der Waals surface area contributed by atoms with E-state index in [1.54, 1.807) is 23.0 Å². The number of nitrogens with zero attached hydrogens (tertiary/aromatic N) is 3. The maximum absolute atomic E-state index is 13.1. The standard InChI is InChI=1S/C20H20FN3O2/c1-12-9-13(2)20-16(10-12)18(7-8-26-20)24-11-17(22-23-24)19(25)14-3-5-15(21)6-4-14/h3-6,9-11,18-19,25H,7-8H2,1-2H3/t18-,19?/m1/s1. The number of aryl methyl sites for hydroxylation is 2. The first-order valence-corrected chi connectivity index (χ1v) is 8.62. The molecule has 1 aliphatic heterocycles. The summed E-state index contributed by atoms with van der Waals surface area (Å²) < 4.78 is 20.7. The van der Waals surface area contributed by atoms with E-state index in [2.05, 4.69) is 29.4 Å². The van der Waals surface area contributed by atoms with E-state index in [1.807, 2.05) is 6.92 Å². The van der Waals surface area contributed by atoms with Crippen molar-refractivity contribution < 1.29 is 14.2 Å². The van der Waals surface area contributed by atoms with Gasteiger partial charge in [-0.05, 0) is 37.1 Å². The van der Waals surface area contributed by atoms with Gasteiger partial charge in [-0.1, -0.05) is 35.0 Å². The van der Waals surface area contributed by atoms with Crippen LogP contribution in [0.4, 0.5) is 4.39 Å². The molecule has 0 saturated carbocycles. The zero-order valence-corrected chi connectivity index (χ0v) is 14.7. The van der Waals surface area contributed by atoms with Crippen molar-refractivity contribution in [3.63, 3.8) is 0 Å². The number of ether oxygens (including phenoxy) is 1. The predicted molar refractivity (Wildman–Crippen MR) is 94.7 cm³/mol. The van der Waals surface area contributed by atoms with Gasteiger partial charge in [0.2, 0.25) is 0 Å². The molecule has 2 aromatic carbocycles. The number of aliphatic hydroxyl groups excluding tert-OH is 1. The van der Waals surface area contributed by atoms with E-state index in [9.17, 15) is 9.50 Å². The molecular weight excluding hydrogens is 333 g/mol. The monoisotopic (exact) mass is 353 g/mol. The van der Waals surface area contributed by atoms with Gasteiger partial charge in [-0.15, -0.1) is 5.10 Å². The number of hydrogen-bond donors (Lipinski definition) is 1. The molecule has 134 valence electrons. The molecule has 0 aliphatic carbocycles. The molecule has 0 saturated heterocycles. The van der Waals surface area contributed by atoms with Gasteiger partial charge in [-0.3, -0.25) is 0 Å². The predicted octanol–water partition coefficient (Wildman–Crippen LogP) is 3.49. The van der Waals surface area contributed by atoms with Crippen LogP contribution in [0, 0.1) is 19.7 Å². The molecule has 2 heterocycles. The molecule has 5 nitrogen and oxygen atoms in total. The fourth-order valence-electron chi connectivity index (χ4n) is 3.52. The van der Waals surface area contributed by atoms with E-state index in [0.29, 0.717) is 17.9 Å². The minimum Gasteiger partial charge on any atom is -0.493 e. The summed E-state index contributed by atoms with van der Waals surface area (Å²) in [6.07, 6.45) is 1.60. The van der Waals surface area contributed by atoms with Gasteiger partial charge in [-0.25, -0.2) is 9.07 Å². The molecule has 0 bridgehead atoms. The maximum Gasteiger partial charge on any atom is 0.127 e. The van der Waals surface area contributed by atoms with Crippen molar-refractivity contribution in [2.24, 2.45) is 0 Å². The molecular formula is C20H20FN3O2. The zero-order valence-electron chi connectivity index (χ0n) is 14.7. The Bertz CT molecular complexity index is 937. The summed E-state index contributed by atoms with van der Waals surface area (Å²) in [4.78, 5) is 0. The lowest BCUT2D eigenvalue weighted by atomic mass is 9.96. The van der Waals surface area contributed by atoms with Gasteiger partial charge in [0.1, 0.15) is 23.4 Å². The Labute approximate surface area is 151 Å². The number of halogens is 1. The second kappa shape index (κ2) is 6.53. The third-order valence-corrected chi connectivity index (χ3v) is 4.76. The van der Waals surface area contributed by atoms with E-state index in [0.717, 1.165) is 23.3 Å². The molecule has 1 N–H and O–H groups in total. The molecule has 1 aliphatic rings. The summed E-state index contributed by atoms with van der Waals surface area (Å²) in [5.41, 5.74) is 4.38. The van der Waals surface area contributed by atoms with Crippen molar-refractivity contribution in [1.29, 1.82) is 0 Å². The number of aliphatic hydroxyl groups is 1. The normalized spacial score (nSPS) is 17.5. The largest absolute Gasteiger partial charge is 0.493 e. The summed E-state index contributed by atoms with van der Waals surface area (Å²) in [5.74, 6) is 0.567. The van der Waals surface area contributed by atoms with Gasteiger partial charge < -0.3 is 9.84 Å². The Morgan fingerprint density at radius 1 is 1.23 bits per heavy atom. The van der Waals surface area contributed by atoms with Crippen LogP contribution in [-0.2, 0) is 0 Å². The fourth-order valence-corrected chi connectivity index (χ4v) is 3.52. The molecule has 26 heavy (non-hydrogen) atoms. The number of aromatic nitrogens is 3. The quantitative estimate of drug-likeness (QED) is 0.783. The van der Waals surface area contributed by atoms with Crippen molar-refractivity contribution in [2.75, 3.05) is 6.61 Å². The second-order valence-corrected chi connectivity index (χ2v) is 6.73. The number of benzene rings is 2. The van der Waals surface area contributed by atoms with Gasteiger partial charge in [0.05, 0.1) is 18.8 Å². The molecule has 0 fully saturated rings. The van der Waals surface area contributed by atoms with Crippen LogP contribution in [-0.4, -0.2) is 26.7 Å². The molecule has 2 atom stereocenters. The third-order valence-electron chi connectivity index (χ3n) is 4.76. The summed E-state index contributed by atoms with van der Waals surface area (Å²) >= 11 is 0. The highest BCUT2D eigenvalue weighted by molar-refractivity contribution is 5.46. The first-order chi connectivity index (χ1) is 12.5. The summed E-state index contributed by atoms with van der Waals surface area (Å²) in [6, 6.07) is 9.98. The molecule has 0 amide bonds. The van der Waals surface area contributed by atoms with Crippen molar-refractivity contribution in [3.05, 3.63) is 76.4 Å². The molecule has 1 unspecified atom stereocenters. The van der Waals surface area contributed by atoms with Crippen molar-refractivity contribution in [3.8, 4) is 5.75 Å². The van der Waals surface area contributed by atoms with Crippen molar-refractivity contribution in [2.45, 2.75) is 32.4 Å². The van der Waals surface area contributed by atoms with Crippen LogP contribution < -0.4 is 4.74 Å². The average Bonchev–Trinajstić information content (AvgIpc) is 3.11. The van der Waals surface area contributed by atoms with E-state index in [4.69, 9.17) is 4.74 Å². The number of rotatable bonds is 3. The fraction of sp³-hybridized carbons (Fsp3) is 0.300. The highest BCUT2D eigenvalue weighted by Crippen LogP contribution is 2.37. The molecule has 1 aromatic heterocycles. The number of hydrogen-bond acceptors (Lipinski definition) is 4. The van der Waals surface area contributed by atoms with E-state index >= 15 is 0 Å². The van der Waals surface area contributed by atoms with Crippen LogP contribution in [0.25, 0.3) is 0 Å². The average molecular weight is 353 g/mol. The van der Waals surface area contributed by atoms with E-state index < -0.39 is 6.10 Å². The van der Waals surface area contributed by atoms with Gasteiger partial charge in [0.15, 0.2) is 0 Å². The zero-order chi connectivity index (χ0) is 18.3. The van der Waals surface area contributed by atoms with Crippen molar-refractivity contribution >= 4 is 0 Å². The Morgan fingerprint density at radius 3 is 2.77 bits per heavy atom. The molecule has 6 heteroatoms. The summed E-state index contributed by atoms with van der Waals surface area (Å²) in [6.45, 7) is 4.71. The lowest BCUT2D eigenvalue weighted by Crippen LogP contribution is -2.21. The summed E-state index contributed by atoms with van der Waals surface area (Å²) in [5, 5.41) is 18.9. The second-order valence-electron chi connectivity index (χ2n) is 6.73. The van der Waals surface area contributed by atoms with Gasteiger partial charge in [-0.2, -0.15) is 0 Å². The molecule has 4 rings (SSSR count).